The molecule has 6 heteroatoms. The Morgan fingerprint density at radius 2 is 1.61 bits per heavy atom. The summed E-state index contributed by atoms with van der Waals surface area (Å²) in [6.45, 7) is 3.80. The molecule has 0 aromatic heterocycles. The van der Waals surface area contributed by atoms with Crippen LogP contribution in [0, 0.1) is 0 Å². The number of phenols is 1. The van der Waals surface area contributed by atoms with Crippen molar-refractivity contribution in [3.05, 3.63) is 89.0 Å². The van der Waals surface area contributed by atoms with Gasteiger partial charge in [-0.15, -0.1) is 0 Å². The third-order valence-electron chi connectivity index (χ3n) is 5.04. The lowest BCUT2D eigenvalue weighted by Crippen LogP contribution is -2.27. The van der Waals surface area contributed by atoms with Gasteiger partial charge in [0.15, 0.2) is 0 Å². The quantitative estimate of drug-likeness (QED) is 0.454. The standard InChI is InChI=1S/C25H25NO5/c1-16(2)17-4-7-20(8-5-17)26(3)24(29)23-13-6-18(14-19(23)15-27)25(30)31-22-11-9-21(28)10-12-22/h4-14,16,27-28H,15H2,1-3H3. The molecule has 0 aliphatic heterocycles. The second kappa shape index (κ2) is 9.45. The summed E-state index contributed by atoms with van der Waals surface area (Å²) in [6.07, 6.45) is 0. The monoisotopic (exact) mass is 419 g/mol. The van der Waals surface area contributed by atoms with E-state index in [9.17, 15) is 19.8 Å². The lowest BCUT2D eigenvalue weighted by molar-refractivity contribution is 0.0733. The average molecular weight is 419 g/mol. The molecule has 31 heavy (non-hydrogen) atoms. The van der Waals surface area contributed by atoms with Gasteiger partial charge in [0.25, 0.3) is 5.91 Å². The Balaban J connectivity index is 1.80. The van der Waals surface area contributed by atoms with Gasteiger partial charge in [0.1, 0.15) is 11.5 Å². The Morgan fingerprint density at radius 3 is 2.19 bits per heavy atom. The van der Waals surface area contributed by atoms with E-state index in [1.807, 2.05) is 24.3 Å². The van der Waals surface area contributed by atoms with Crippen LogP contribution in [0.15, 0.2) is 66.7 Å². The highest BCUT2D eigenvalue weighted by atomic mass is 16.5. The summed E-state index contributed by atoms with van der Waals surface area (Å²) in [5.41, 5.74) is 2.75. The molecule has 6 nitrogen and oxygen atoms in total. The molecule has 0 aliphatic carbocycles. The maximum atomic E-state index is 13.0. The van der Waals surface area contributed by atoms with Crippen LogP contribution in [0.2, 0.25) is 0 Å². The highest BCUT2D eigenvalue weighted by Crippen LogP contribution is 2.23. The van der Waals surface area contributed by atoms with E-state index in [0.717, 1.165) is 5.69 Å². The molecule has 0 saturated carbocycles. The predicted octanol–water partition coefficient (Wildman–Crippen LogP) is 4.50. The average Bonchev–Trinajstić information content (AvgIpc) is 2.79. The van der Waals surface area contributed by atoms with Gasteiger partial charge in [-0.1, -0.05) is 26.0 Å². The van der Waals surface area contributed by atoms with Crippen LogP contribution in [-0.2, 0) is 6.61 Å². The van der Waals surface area contributed by atoms with Gasteiger partial charge in [-0.05, 0) is 71.6 Å². The zero-order valence-electron chi connectivity index (χ0n) is 17.7. The molecule has 3 rings (SSSR count). The fourth-order valence-corrected chi connectivity index (χ4v) is 3.12. The lowest BCUT2D eigenvalue weighted by atomic mass is 10.0. The van der Waals surface area contributed by atoms with Crippen LogP contribution in [0.3, 0.4) is 0 Å². The van der Waals surface area contributed by atoms with Gasteiger partial charge in [0, 0.05) is 18.3 Å². The molecular formula is C25H25NO5. The number of esters is 1. The number of carbonyl (C=O) groups is 2. The third kappa shape index (κ3) is 5.10. The molecule has 0 heterocycles. The van der Waals surface area contributed by atoms with Crippen LogP contribution >= 0.6 is 0 Å². The Labute approximate surface area is 181 Å². The fraction of sp³-hybridized carbons (Fsp3) is 0.200. The van der Waals surface area contributed by atoms with Gasteiger partial charge in [0.2, 0.25) is 0 Å². The van der Waals surface area contributed by atoms with E-state index in [-0.39, 0.29) is 23.0 Å². The van der Waals surface area contributed by atoms with Crippen LogP contribution in [0.4, 0.5) is 5.69 Å². The molecule has 0 spiro atoms. The van der Waals surface area contributed by atoms with Crippen molar-refractivity contribution in [1.29, 1.82) is 0 Å². The number of benzene rings is 3. The van der Waals surface area contributed by atoms with Crippen molar-refractivity contribution in [1.82, 2.24) is 0 Å². The Hall–Kier alpha value is -3.64. The van der Waals surface area contributed by atoms with Gasteiger partial charge >= 0.3 is 5.97 Å². The van der Waals surface area contributed by atoms with Crippen molar-refractivity contribution in [2.45, 2.75) is 26.4 Å². The number of amides is 1. The third-order valence-corrected chi connectivity index (χ3v) is 5.04. The number of aliphatic hydroxyl groups excluding tert-OH is 1. The van der Waals surface area contributed by atoms with Crippen LogP contribution in [0.1, 0.15) is 51.6 Å². The van der Waals surface area contributed by atoms with Crippen LogP contribution in [0.25, 0.3) is 0 Å². The molecule has 1 amide bonds. The van der Waals surface area contributed by atoms with Crippen molar-refractivity contribution in [3.63, 3.8) is 0 Å². The normalized spacial score (nSPS) is 10.7. The van der Waals surface area contributed by atoms with E-state index in [4.69, 9.17) is 4.74 Å². The summed E-state index contributed by atoms with van der Waals surface area (Å²) in [5.74, 6) is -0.187. The number of aliphatic hydroxyl groups is 1. The number of hydrogen-bond donors (Lipinski definition) is 2. The zero-order chi connectivity index (χ0) is 22.5. The molecule has 0 unspecified atom stereocenters. The molecule has 0 radical (unpaired) electrons. The van der Waals surface area contributed by atoms with Gasteiger partial charge in [-0.2, -0.15) is 0 Å². The SMILES string of the molecule is CC(C)c1ccc(N(C)C(=O)c2ccc(C(=O)Oc3ccc(O)cc3)cc2CO)cc1. The van der Waals surface area contributed by atoms with Crippen LogP contribution < -0.4 is 9.64 Å². The Bertz CT molecular complexity index is 1070. The number of aromatic hydroxyl groups is 1. The summed E-state index contributed by atoms with van der Waals surface area (Å²) in [7, 11) is 1.67. The van der Waals surface area contributed by atoms with E-state index in [1.165, 1.54) is 52.9 Å². The number of nitrogens with zero attached hydrogens (tertiary/aromatic N) is 1. The van der Waals surface area contributed by atoms with Gasteiger partial charge in [-0.25, -0.2) is 4.79 Å². The maximum absolute atomic E-state index is 13.0. The minimum atomic E-state index is -0.628. The van der Waals surface area contributed by atoms with Crippen molar-refractivity contribution < 1.29 is 24.5 Å². The Kier molecular flexibility index (Phi) is 6.72. The van der Waals surface area contributed by atoms with Crippen LogP contribution in [-0.4, -0.2) is 29.1 Å². The highest BCUT2D eigenvalue weighted by Gasteiger charge is 2.19. The number of ether oxygens (including phenoxy) is 1. The molecule has 0 bridgehead atoms. The van der Waals surface area contributed by atoms with Crippen molar-refractivity contribution in [2.75, 3.05) is 11.9 Å². The first-order valence-electron chi connectivity index (χ1n) is 9.93. The summed E-state index contributed by atoms with van der Waals surface area (Å²) >= 11 is 0. The van der Waals surface area contributed by atoms with Crippen LogP contribution in [0.5, 0.6) is 11.5 Å². The smallest absolute Gasteiger partial charge is 0.343 e. The van der Waals surface area contributed by atoms with Gasteiger partial charge < -0.3 is 19.8 Å². The molecule has 0 fully saturated rings. The summed E-state index contributed by atoms with van der Waals surface area (Å²) in [5, 5.41) is 19.1. The molecule has 0 saturated heterocycles. The van der Waals surface area contributed by atoms with E-state index in [2.05, 4.69) is 13.8 Å². The van der Waals surface area contributed by atoms with E-state index < -0.39 is 12.6 Å². The topological polar surface area (TPSA) is 87.1 Å². The molecule has 0 aliphatic rings. The van der Waals surface area contributed by atoms with E-state index >= 15 is 0 Å². The number of anilines is 1. The first-order chi connectivity index (χ1) is 14.8. The number of carbonyl (C=O) groups excluding carboxylic acids is 2. The van der Waals surface area contributed by atoms with Crippen molar-refractivity contribution in [2.24, 2.45) is 0 Å². The second-order valence-electron chi connectivity index (χ2n) is 7.52. The van der Waals surface area contributed by atoms with Crippen molar-refractivity contribution in [3.8, 4) is 11.5 Å². The minimum Gasteiger partial charge on any atom is -0.508 e. The molecule has 2 N–H and O–H groups in total. The first-order valence-corrected chi connectivity index (χ1v) is 9.93. The summed E-state index contributed by atoms with van der Waals surface area (Å²) in [4.78, 5) is 27.0. The van der Waals surface area contributed by atoms with Gasteiger partial charge in [0.05, 0.1) is 12.2 Å². The molecule has 3 aromatic rings. The summed E-state index contributed by atoms with van der Waals surface area (Å²) in [6, 6.07) is 18.0. The number of hydrogen-bond acceptors (Lipinski definition) is 5. The number of phenolic OH excluding ortho intramolecular Hbond substituents is 1. The molecule has 160 valence electrons. The number of rotatable bonds is 6. The Morgan fingerprint density at radius 1 is 0.968 bits per heavy atom. The lowest BCUT2D eigenvalue weighted by Gasteiger charge is -2.20. The van der Waals surface area contributed by atoms with E-state index in [0.29, 0.717) is 17.0 Å². The predicted molar refractivity (Wildman–Crippen MR) is 119 cm³/mol. The largest absolute Gasteiger partial charge is 0.508 e. The van der Waals surface area contributed by atoms with Crippen molar-refractivity contribution >= 4 is 17.6 Å². The highest BCUT2D eigenvalue weighted by molar-refractivity contribution is 6.07. The molecular weight excluding hydrogens is 394 g/mol. The maximum Gasteiger partial charge on any atom is 0.343 e. The zero-order valence-corrected chi connectivity index (χ0v) is 17.7. The fourth-order valence-electron chi connectivity index (χ4n) is 3.12. The van der Waals surface area contributed by atoms with E-state index in [1.54, 1.807) is 7.05 Å². The molecule has 3 aromatic carbocycles. The minimum absolute atomic E-state index is 0.0631. The van der Waals surface area contributed by atoms with Gasteiger partial charge in [-0.3, -0.25) is 4.79 Å². The first kappa shape index (κ1) is 22.1. The summed E-state index contributed by atoms with van der Waals surface area (Å²) < 4.78 is 5.28. The second-order valence-corrected chi connectivity index (χ2v) is 7.52. The molecule has 0 atom stereocenters.